The number of hydrogen-bond donors (Lipinski definition) is 0. The fourth-order valence-corrected chi connectivity index (χ4v) is 2.89. The van der Waals surface area contributed by atoms with Crippen LogP contribution in [0.1, 0.15) is 32.1 Å². The van der Waals surface area contributed by atoms with Crippen molar-refractivity contribution in [3.8, 4) is 6.07 Å². The molecule has 0 saturated carbocycles. The molecule has 3 nitrogen and oxygen atoms in total. The summed E-state index contributed by atoms with van der Waals surface area (Å²) in [5, 5.41) is 8.92. The molecule has 0 N–H and O–H groups in total. The monoisotopic (exact) mass is 221 g/mol. The molecule has 0 aromatic rings. The number of hydrogen-bond acceptors (Lipinski definition) is 3. The zero-order valence-electron chi connectivity index (χ0n) is 10.2. The minimum atomic E-state index is 0.292. The van der Waals surface area contributed by atoms with E-state index >= 15 is 0 Å². The Morgan fingerprint density at radius 3 is 2.44 bits per heavy atom. The Morgan fingerprint density at radius 1 is 1.00 bits per heavy atom. The van der Waals surface area contributed by atoms with Crippen LogP contribution in [0.3, 0.4) is 0 Å². The number of likely N-dealkylation sites (tertiary alicyclic amines) is 2. The molecule has 0 aromatic heterocycles. The van der Waals surface area contributed by atoms with Gasteiger partial charge in [-0.15, -0.1) is 0 Å². The Morgan fingerprint density at radius 2 is 1.69 bits per heavy atom. The van der Waals surface area contributed by atoms with Gasteiger partial charge in [-0.2, -0.15) is 5.26 Å². The fraction of sp³-hybridized carbons (Fsp3) is 0.923. The van der Waals surface area contributed by atoms with Crippen LogP contribution >= 0.6 is 0 Å². The number of piperidine rings is 1. The molecule has 16 heavy (non-hydrogen) atoms. The minimum Gasteiger partial charge on any atom is -0.303 e. The van der Waals surface area contributed by atoms with E-state index in [4.69, 9.17) is 5.26 Å². The van der Waals surface area contributed by atoms with E-state index in [1.807, 2.05) is 0 Å². The minimum absolute atomic E-state index is 0.292. The lowest BCUT2D eigenvalue weighted by atomic mass is 10.00. The molecule has 2 heterocycles. The molecule has 0 amide bonds. The lowest BCUT2D eigenvalue weighted by Gasteiger charge is -2.29. The predicted molar refractivity (Wildman–Crippen MR) is 65.1 cm³/mol. The van der Waals surface area contributed by atoms with Crippen molar-refractivity contribution in [1.29, 1.82) is 5.26 Å². The summed E-state index contributed by atoms with van der Waals surface area (Å²) < 4.78 is 0. The first-order valence-electron chi connectivity index (χ1n) is 6.73. The lowest BCUT2D eigenvalue weighted by molar-refractivity contribution is 0.188. The first-order chi connectivity index (χ1) is 7.88. The van der Waals surface area contributed by atoms with E-state index in [0.29, 0.717) is 5.92 Å². The Balaban J connectivity index is 1.60. The zero-order chi connectivity index (χ0) is 11.2. The standard InChI is InChI=1S/C13H23N3/c14-11-13-5-3-8-16(12-13)10-4-9-15-6-1-2-7-15/h13H,1-10,12H2. The van der Waals surface area contributed by atoms with E-state index in [1.54, 1.807) is 0 Å². The number of rotatable bonds is 4. The molecule has 0 aromatic carbocycles. The highest BCUT2D eigenvalue weighted by molar-refractivity contribution is 4.88. The highest BCUT2D eigenvalue weighted by Crippen LogP contribution is 2.16. The molecule has 2 aliphatic rings. The van der Waals surface area contributed by atoms with Crippen LogP contribution in [0.4, 0.5) is 0 Å². The molecule has 0 radical (unpaired) electrons. The summed E-state index contributed by atoms with van der Waals surface area (Å²) >= 11 is 0. The summed E-state index contributed by atoms with van der Waals surface area (Å²) in [5.41, 5.74) is 0. The molecule has 90 valence electrons. The van der Waals surface area contributed by atoms with Crippen molar-refractivity contribution in [2.45, 2.75) is 32.1 Å². The van der Waals surface area contributed by atoms with Gasteiger partial charge in [0.25, 0.3) is 0 Å². The van der Waals surface area contributed by atoms with Gasteiger partial charge < -0.3 is 9.80 Å². The van der Waals surface area contributed by atoms with Crippen molar-refractivity contribution in [3.63, 3.8) is 0 Å². The Bertz CT molecular complexity index is 240. The molecule has 0 bridgehead atoms. The number of nitrogens with zero attached hydrogens (tertiary/aromatic N) is 3. The van der Waals surface area contributed by atoms with Crippen LogP contribution in [0.5, 0.6) is 0 Å². The number of nitriles is 1. The van der Waals surface area contributed by atoms with Gasteiger partial charge in [-0.3, -0.25) is 0 Å². The van der Waals surface area contributed by atoms with Crippen molar-refractivity contribution in [2.24, 2.45) is 5.92 Å². The molecular formula is C13H23N3. The third kappa shape index (κ3) is 3.47. The van der Waals surface area contributed by atoms with E-state index < -0.39 is 0 Å². The molecule has 0 spiro atoms. The summed E-state index contributed by atoms with van der Waals surface area (Å²) in [7, 11) is 0. The fourth-order valence-electron chi connectivity index (χ4n) is 2.89. The van der Waals surface area contributed by atoms with E-state index in [2.05, 4.69) is 15.9 Å². The van der Waals surface area contributed by atoms with Crippen molar-refractivity contribution in [3.05, 3.63) is 0 Å². The summed E-state index contributed by atoms with van der Waals surface area (Å²) in [6, 6.07) is 2.41. The summed E-state index contributed by atoms with van der Waals surface area (Å²) in [6.45, 7) is 7.28. The second kappa shape index (κ2) is 6.22. The molecule has 2 saturated heterocycles. The van der Waals surface area contributed by atoms with Gasteiger partial charge in [0.2, 0.25) is 0 Å². The predicted octanol–water partition coefficient (Wildman–Crippen LogP) is 1.71. The topological polar surface area (TPSA) is 30.3 Å². The van der Waals surface area contributed by atoms with Crippen LogP contribution in [-0.4, -0.2) is 49.1 Å². The van der Waals surface area contributed by atoms with Gasteiger partial charge in [-0.1, -0.05) is 0 Å². The van der Waals surface area contributed by atoms with Crippen LogP contribution in [-0.2, 0) is 0 Å². The van der Waals surface area contributed by atoms with Crippen LogP contribution in [0.15, 0.2) is 0 Å². The molecule has 2 fully saturated rings. The zero-order valence-corrected chi connectivity index (χ0v) is 10.2. The van der Waals surface area contributed by atoms with Crippen molar-refractivity contribution in [2.75, 3.05) is 39.3 Å². The van der Waals surface area contributed by atoms with E-state index in [-0.39, 0.29) is 0 Å². The third-order valence-electron chi connectivity index (χ3n) is 3.84. The average Bonchev–Trinajstić information content (AvgIpc) is 2.82. The molecule has 1 unspecified atom stereocenters. The molecule has 1 atom stereocenters. The van der Waals surface area contributed by atoms with Crippen molar-refractivity contribution < 1.29 is 0 Å². The lowest BCUT2D eigenvalue weighted by Crippen LogP contribution is -2.36. The van der Waals surface area contributed by atoms with Gasteiger partial charge >= 0.3 is 0 Å². The maximum absolute atomic E-state index is 8.92. The van der Waals surface area contributed by atoms with Gasteiger partial charge in [0, 0.05) is 6.54 Å². The van der Waals surface area contributed by atoms with E-state index in [9.17, 15) is 0 Å². The van der Waals surface area contributed by atoms with Crippen LogP contribution in [0.2, 0.25) is 0 Å². The van der Waals surface area contributed by atoms with Crippen molar-refractivity contribution >= 4 is 0 Å². The van der Waals surface area contributed by atoms with Gasteiger partial charge in [-0.05, 0) is 64.8 Å². The van der Waals surface area contributed by atoms with E-state index in [0.717, 1.165) is 13.0 Å². The highest BCUT2D eigenvalue weighted by Gasteiger charge is 2.19. The first kappa shape index (κ1) is 11.9. The second-order valence-corrected chi connectivity index (χ2v) is 5.17. The van der Waals surface area contributed by atoms with E-state index in [1.165, 1.54) is 58.4 Å². The van der Waals surface area contributed by atoms with Gasteiger partial charge in [0.15, 0.2) is 0 Å². The summed E-state index contributed by atoms with van der Waals surface area (Å²) in [6.07, 6.45) is 6.37. The van der Waals surface area contributed by atoms with Gasteiger partial charge in [-0.25, -0.2) is 0 Å². The summed E-state index contributed by atoms with van der Waals surface area (Å²) in [5.74, 6) is 0.292. The van der Waals surface area contributed by atoms with Crippen LogP contribution in [0, 0.1) is 17.2 Å². The normalized spacial score (nSPS) is 28.1. The van der Waals surface area contributed by atoms with Crippen LogP contribution < -0.4 is 0 Å². The largest absolute Gasteiger partial charge is 0.303 e. The van der Waals surface area contributed by atoms with Gasteiger partial charge in [0.05, 0.1) is 12.0 Å². The molecule has 2 aliphatic heterocycles. The second-order valence-electron chi connectivity index (χ2n) is 5.17. The smallest absolute Gasteiger partial charge is 0.0669 e. The molecule has 3 heteroatoms. The third-order valence-corrected chi connectivity index (χ3v) is 3.84. The van der Waals surface area contributed by atoms with Crippen LogP contribution in [0.25, 0.3) is 0 Å². The van der Waals surface area contributed by atoms with Crippen molar-refractivity contribution in [1.82, 2.24) is 9.80 Å². The van der Waals surface area contributed by atoms with Gasteiger partial charge in [0.1, 0.15) is 0 Å². The highest BCUT2D eigenvalue weighted by atomic mass is 15.2. The SMILES string of the molecule is N#CC1CCCN(CCCN2CCCC2)C1. The maximum atomic E-state index is 8.92. The first-order valence-corrected chi connectivity index (χ1v) is 6.73. The summed E-state index contributed by atoms with van der Waals surface area (Å²) in [4.78, 5) is 5.05. The maximum Gasteiger partial charge on any atom is 0.0669 e. The molecular weight excluding hydrogens is 198 g/mol. The Labute approximate surface area is 99.0 Å². The Hall–Kier alpha value is -0.590. The Kier molecular flexibility index (Phi) is 4.62. The quantitative estimate of drug-likeness (QED) is 0.724. The average molecular weight is 221 g/mol. The molecule has 2 rings (SSSR count). The molecule has 0 aliphatic carbocycles.